The van der Waals surface area contributed by atoms with Crippen molar-refractivity contribution in [2.45, 2.75) is 40.5 Å². The summed E-state index contributed by atoms with van der Waals surface area (Å²) in [6, 6.07) is 0. The summed E-state index contributed by atoms with van der Waals surface area (Å²) in [6.07, 6.45) is 7.14. The van der Waals surface area contributed by atoms with Crippen LogP contribution in [-0.4, -0.2) is 0 Å². The highest BCUT2D eigenvalue weighted by Gasteiger charge is 2.25. The molecule has 0 unspecified atom stereocenters. The van der Waals surface area contributed by atoms with Crippen LogP contribution in [0.1, 0.15) is 40.5 Å². The largest absolute Gasteiger partial charge is 0.0836 e. The molecule has 0 heteroatoms. The molecule has 11 heavy (non-hydrogen) atoms. The van der Waals surface area contributed by atoms with Crippen molar-refractivity contribution >= 4 is 0 Å². The molecular formula is C11H18. The highest BCUT2D eigenvalue weighted by molar-refractivity contribution is 5.36. The summed E-state index contributed by atoms with van der Waals surface area (Å²) >= 11 is 0. The zero-order valence-electron chi connectivity index (χ0n) is 8.07. The molecule has 1 aliphatic carbocycles. The summed E-state index contributed by atoms with van der Waals surface area (Å²) < 4.78 is 0. The molecule has 1 aliphatic rings. The van der Waals surface area contributed by atoms with Crippen molar-refractivity contribution in [3.63, 3.8) is 0 Å². The van der Waals surface area contributed by atoms with Crippen molar-refractivity contribution in [1.82, 2.24) is 0 Å². The van der Waals surface area contributed by atoms with Crippen molar-refractivity contribution in [3.05, 3.63) is 23.3 Å². The third kappa shape index (κ3) is 1.55. The van der Waals surface area contributed by atoms with Gasteiger partial charge in [-0.1, -0.05) is 31.6 Å². The maximum Gasteiger partial charge on any atom is -0.0101 e. The SMILES string of the molecule is C/C=C1/C(C)=CCCC1(C)C. The Labute approximate surface area is 70.0 Å². The van der Waals surface area contributed by atoms with Gasteiger partial charge in [0.1, 0.15) is 0 Å². The molecule has 1 rings (SSSR count). The fraction of sp³-hybridized carbons (Fsp3) is 0.636. The van der Waals surface area contributed by atoms with Crippen molar-refractivity contribution in [3.8, 4) is 0 Å². The Bertz CT molecular complexity index is 204. The van der Waals surface area contributed by atoms with Crippen LogP contribution in [0.25, 0.3) is 0 Å². The minimum absolute atomic E-state index is 0.410. The third-order valence-corrected chi connectivity index (χ3v) is 2.66. The van der Waals surface area contributed by atoms with Crippen molar-refractivity contribution in [1.29, 1.82) is 0 Å². The van der Waals surface area contributed by atoms with Gasteiger partial charge in [0, 0.05) is 0 Å². The van der Waals surface area contributed by atoms with Crippen molar-refractivity contribution in [2.75, 3.05) is 0 Å². The highest BCUT2D eigenvalue weighted by Crippen LogP contribution is 2.39. The van der Waals surface area contributed by atoms with E-state index in [4.69, 9.17) is 0 Å². The monoisotopic (exact) mass is 150 g/mol. The Morgan fingerprint density at radius 3 is 2.45 bits per heavy atom. The van der Waals surface area contributed by atoms with E-state index in [2.05, 4.69) is 39.8 Å². The minimum atomic E-state index is 0.410. The van der Waals surface area contributed by atoms with Gasteiger partial charge in [0.05, 0.1) is 0 Å². The lowest BCUT2D eigenvalue weighted by Gasteiger charge is -2.32. The minimum Gasteiger partial charge on any atom is -0.0836 e. The first-order chi connectivity index (χ1) is 5.08. The lowest BCUT2D eigenvalue weighted by atomic mass is 9.73. The van der Waals surface area contributed by atoms with E-state index in [0.29, 0.717) is 5.41 Å². The van der Waals surface area contributed by atoms with Crippen LogP contribution < -0.4 is 0 Å². The molecule has 0 bridgehead atoms. The molecule has 0 N–H and O–H groups in total. The van der Waals surface area contributed by atoms with E-state index >= 15 is 0 Å². The fourth-order valence-corrected chi connectivity index (χ4v) is 2.05. The maximum atomic E-state index is 2.35. The van der Waals surface area contributed by atoms with Gasteiger partial charge in [0.15, 0.2) is 0 Å². The molecule has 0 amide bonds. The standard InChI is InChI=1S/C11H18/c1-5-10-9(2)7-6-8-11(10,3)4/h5,7H,6,8H2,1-4H3/b10-5-. The smallest absolute Gasteiger partial charge is 0.0101 e. The second-order valence-electron chi connectivity index (χ2n) is 4.01. The molecule has 0 aromatic heterocycles. The molecule has 0 spiro atoms. The van der Waals surface area contributed by atoms with Crippen LogP contribution in [0.2, 0.25) is 0 Å². The van der Waals surface area contributed by atoms with Crippen LogP contribution in [-0.2, 0) is 0 Å². The molecule has 0 radical (unpaired) electrons. The van der Waals surface area contributed by atoms with Gasteiger partial charge in [-0.15, -0.1) is 0 Å². The van der Waals surface area contributed by atoms with Crippen LogP contribution in [0.5, 0.6) is 0 Å². The van der Waals surface area contributed by atoms with Crippen LogP contribution in [0, 0.1) is 5.41 Å². The van der Waals surface area contributed by atoms with Gasteiger partial charge in [-0.25, -0.2) is 0 Å². The normalized spacial score (nSPS) is 26.9. The summed E-state index contributed by atoms with van der Waals surface area (Å²) in [7, 11) is 0. The van der Waals surface area contributed by atoms with Crippen LogP contribution in [0.3, 0.4) is 0 Å². The van der Waals surface area contributed by atoms with E-state index in [1.165, 1.54) is 24.0 Å². The predicted octanol–water partition coefficient (Wildman–Crippen LogP) is 3.70. The van der Waals surface area contributed by atoms with E-state index in [1.54, 1.807) is 0 Å². The van der Waals surface area contributed by atoms with Gasteiger partial charge in [-0.3, -0.25) is 0 Å². The van der Waals surface area contributed by atoms with E-state index < -0.39 is 0 Å². The summed E-state index contributed by atoms with van der Waals surface area (Å²) in [5.74, 6) is 0. The van der Waals surface area contributed by atoms with E-state index in [1.807, 2.05) is 0 Å². The highest BCUT2D eigenvalue weighted by atomic mass is 14.3. The van der Waals surface area contributed by atoms with E-state index in [-0.39, 0.29) is 0 Å². The molecule has 0 atom stereocenters. The van der Waals surface area contributed by atoms with Gasteiger partial charge >= 0.3 is 0 Å². The molecule has 0 aliphatic heterocycles. The summed E-state index contributed by atoms with van der Waals surface area (Å²) in [5, 5.41) is 0. The molecule has 0 aromatic carbocycles. The molecule has 0 nitrogen and oxygen atoms in total. The number of rotatable bonds is 0. The van der Waals surface area contributed by atoms with Gasteiger partial charge in [-0.05, 0) is 37.7 Å². The first-order valence-corrected chi connectivity index (χ1v) is 4.42. The van der Waals surface area contributed by atoms with Gasteiger partial charge < -0.3 is 0 Å². The Kier molecular flexibility index (Phi) is 2.22. The first kappa shape index (κ1) is 8.58. The second kappa shape index (κ2) is 2.84. The van der Waals surface area contributed by atoms with Crippen LogP contribution in [0.15, 0.2) is 23.3 Å². The summed E-state index contributed by atoms with van der Waals surface area (Å²) in [5.41, 5.74) is 3.42. The Hall–Kier alpha value is -0.520. The number of allylic oxidation sites excluding steroid dienone is 4. The van der Waals surface area contributed by atoms with Gasteiger partial charge in [0.25, 0.3) is 0 Å². The Balaban J connectivity index is 3.00. The zero-order valence-corrected chi connectivity index (χ0v) is 8.07. The summed E-state index contributed by atoms with van der Waals surface area (Å²) in [4.78, 5) is 0. The lowest BCUT2D eigenvalue weighted by Crippen LogP contribution is -2.18. The molecule has 0 saturated heterocycles. The average Bonchev–Trinajstić information content (AvgIpc) is 1.86. The van der Waals surface area contributed by atoms with Crippen LogP contribution in [0.4, 0.5) is 0 Å². The van der Waals surface area contributed by atoms with E-state index in [0.717, 1.165) is 0 Å². The average molecular weight is 150 g/mol. The van der Waals surface area contributed by atoms with Gasteiger partial charge in [-0.2, -0.15) is 0 Å². The second-order valence-corrected chi connectivity index (χ2v) is 4.01. The molecule has 0 fully saturated rings. The quantitative estimate of drug-likeness (QED) is 0.494. The first-order valence-electron chi connectivity index (χ1n) is 4.42. The van der Waals surface area contributed by atoms with Crippen molar-refractivity contribution < 1.29 is 0 Å². The van der Waals surface area contributed by atoms with Crippen molar-refractivity contribution in [2.24, 2.45) is 5.41 Å². The number of hydrogen-bond donors (Lipinski definition) is 0. The van der Waals surface area contributed by atoms with E-state index in [9.17, 15) is 0 Å². The van der Waals surface area contributed by atoms with Crippen LogP contribution >= 0.6 is 0 Å². The zero-order chi connectivity index (χ0) is 8.48. The number of hydrogen-bond acceptors (Lipinski definition) is 0. The fourth-order valence-electron chi connectivity index (χ4n) is 2.05. The maximum absolute atomic E-state index is 2.35. The van der Waals surface area contributed by atoms with Gasteiger partial charge in [0.2, 0.25) is 0 Å². The predicted molar refractivity (Wildman–Crippen MR) is 50.5 cm³/mol. The summed E-state index contributed by atoms with van der Waals surface area (Å²) in [6.45, 7) is 9.02. The lowest BCUT2D eigenvalue weighted by molar-refractivity contribution is 0.404. The molecular weight excluding hydrogens is 132 g/mol. The molecule has 0 heterocycles. The molecule has 62 valence electrons. The topological polar surface area (TPSA) is 0 Å². The Morgan fingerprint density at radius 2 is 2.09 bits per heavy atom. The molecule has 0 saturated carbocycles. The third-order valence-electron chi connectivity index (χ3n) is 2.66. The Morgan fingerprint density at radius 1 is 1.45 bits per heavy atom. The molecule has 0 aromatic rings.